The molecule has 0 bridgehead atoms. The van der Waals surface area contributed by atoms with E-state index in [-0.39, 0.29) is 12.8 Å². The van der Waals surface area contributed by atoms with Gasteiger partial charge in [-0.3, -0.25) is 18.6 Å². The minimum absolute atomic E-state index is 0.150. The summed E-state index contributed by atoms with van der Waals surface area (Å²) in [5.41, 5.74) is 0. The van der Waals surface area contributed by atoms with Gasteiger partial charge in [-0.15, -0.1) is 0 Å². The van der Waals surface area contributed by atoms with Crippen molar-refractivity contribution in [3.8, 4) is 0 Å². The summed E-state index contributed by atoms with van der Waals surface area (Å²) in [7, 11) is -4.75. The van der Waals surface area contributed by atoms with E-state index in [1.54, 1.807) is 0 Å². The van der Waals surface area contributed by atoms with Crippen molar-refractivity contribution in [1.29, 1.82) is 0 Å². The number of esters is 1. The van der Waals surface area contributed by atoms with Gasteiger partial charge in [0, 0.05) is 12.8 Å². The van der Waals surface area contributed by atoms with Gasteiger partial charge in [0.15, 0.2) is 6.04 Å². The Morgan fingerprint density at radius 3 is 1.36 bits per heavy atom. The number of aliphatic hydroxyl groups excluding tert-OH is 1. The van der Waals surface area contributed by atoms with E-state index in [0.29, 0.717) is 12.8 Å². The molecule has 11 nitrogen and oxygen atoms in total. The molecule has 0 rings (SSSR count). The zero-order valence-electron chi connectivity index (χ0n) is 35.7. The standard InChI is InChI=1S/C44H84NO10P/c1-3-5-7-9-11-13-15-16-17-18-19-20-21-22-23-24-26-28-30-32-34-36-43(48)53-37-40(46)38-54-56(51,52)55-39-41(44(49)50)45-42(47)35-33-31-29-27-25-14-12-10-8-6-4-2/h16-17,40-41,46H,3-15,18-39H2,1-2H3,(H,45,47)(H,49,50)(H,51,52)/b17-16+. The normalized spacial score (nSPS) is 13.8. The Morgan fingerprint density at radius 1 is 0.554 bits per heavy atom. The second kappa shape index (κ2) is 40.0. The number of hydrogen-bond acceptors (Lipinski definition) is 8. The van der Waals surface area contributed by atoms with E-state index in [2.05, 4.69) is 31.3 Å². The lowest BCUT2D eigenvalue weighted by atomic mass is 10.0. The van der Waals surface area contributed by atoms with Crippen LogP contribution in [0, 0.1) is 0 Å². The molecule has 12 heteroatoms. The molecular formula is C44H84NO10P. The molecule has 3 atom stereocenters. The number of hydrogen-bond donors (Lipinski definition) is 4. The van der Waals surface area contributed by atoms with Crippen LogP contribution < -0.4 is 5.32 Å². The van der Waals surface area contributed by atoms with Crippen LogP contribution in [0.15, 0.2) is 12.2 Å². The predicted octanol–water partition coefficient (Wildman–Crippen LogP) is 11.7. The molecule has 0 aromatic carbocycles. The quantitative estimate of drug-likeness (QED) is 0.0201. The largest absolute Gasteiger partial charge is 0.480 e. The molecule has 0 aliphatic rings. The van der Waals surface area contributed by atoms with Crippen LogP contribution in [0.4, 0.5) is 0 Å². The van der Waals surface area contributed by atoms with Gasteiger partial charge in [0.25, 0.3) is 0 Å². The van der Waals surface area contributed by atoms with E-state index in [1.165, 1.54) is 141 Å². The third-order valence-electron chi connectivity index (χ3n) is 10.1. The fraction of sp³-hybridized carbons (Fsp3) is 0.886. The van der Waals surface area contributed by atoms with Crippen LogP contribution in [-0.2, 0) is 32.7 Å². The van der Waals surface area contributed by atoms with E-state index in [4.69, 9.17) is 13.8 Å². The van der Waals surface area contributed by atoms with Crippen LogP contribution in [0.1, 0.15) is 219 Å². The summed E-state index contributed by atoms with van der Waals surface area (Å²) in [6.07, 6.45) is 39.6. The van der Waals surface area contributed by atoms with Crippen molar-refractivity contribution in [2.75, 3.05) is 19.8 Å². The first kappa shape index (κ1) is 54.2. The summed E-state index contributed by atoms with van der Waals surface area (Å²) in [5, 5.41) is 21.8. The zero-order chi connectivity index (χ0) is 41.4. The molecule has 4 N–H and O–H groups in total. The second-order valence-corrected chi connectivity index (χ2v) is 17.0. The van der Waals surface area contributed by atoms with E-state index in [0.717, 1.165) is 38.5 Å². The van der Waals surface area contributed by atoms with E-state index in [9.17, 15) is 34.1 Å². The molecule has 0 aliphatic carbocycles. The third-order valence-corrected chi connectivity index (χ3v) is 11.0. The van der Waals surface area contributed by atoms with Gasteiger partial charge in [-0.2, -0.15) is 0 Å². The maximum Gasteiger partial charge on any atom is 0.472 e. The number of ether oxygens (including phenoxy) is 1. The van der Waals surface area contributed by atoms with Crippen LogP contribution in [-0.4, -0.2) is 64.9 Å². The molecule has 56 heavy (non-hydrogen) atoms. The van der Waals surface area contributed by atoms with Gasteiger partial charge < -0.3 is 25.2 Å². The SMILES string of the molecule is CCCCCCCC/C=C/CCCCCCCCCCCCCC(=O)OCC(O)COP(=O)(O)OCC(NC(=O)CCCCCCCCCCCCC)C(=O)O. The number of aliphatic hydroxyl groups is 1. The summed E-state index contributed by atoms with van der Waals surface area (Å²) < 4.78 is 26.8. The molecule has 0 aliphatic heterocycles. The van der Waals surface area contributed by atoms with E-state index in [1.807, 2.05) is 0 Å². The van der Waals surface area contributed by atoms with Gasteiger partial charge in [-0.1, -0.05) is 180 Å². The summed E-state index contributed by atoms with van der Waals surface area (Å²) in [5.74, 6) is -2.36. The lowest BCUT2D eigenvalue weighted by Crippen LogP contribution is -2.43. The molecule has 0 aromatic heterocycles. The van der Waals surface area contributed by atoms with E-state index < -0.39 is 57.6 Å². The number of carboxylic acid groups (broad SMARTS) is 1. The number of nitrogens with one attached hydrogen (secondary N) is 1. The van der Waals surface area contributed by atoms with Gasteiger partial charge in [0.05, 0.1) is 13.2 Å². The second-order valence-electron chi connectivity index (χ2n) is 15.6. The number of aliphatic carboxylic acids is 1. The van der Waals surface area contributed by atoms with Crippen LogP contribution in [0.3, 0.4) is 0 Å². The van der Waals surface area contributed by atoms with Crippen LogP contribution in [0.25, 0.3) is 0 Å². The van der Waals surface area contributed by atoms with Gasteiger partial charge in [-0.25, -0.2) is 9.36 Å². The molecule has 0 fully saturated rings. The van der Waals surface area contributed by atoms with Gasteiger partial charge in [0.1, 0.15) is 12.7 Å². The van der Waals surface area contributed by atoms with Crippen molar-refractivity contribution in [1.82, 2.24) is 5.32 Å². The lowest BCUT2D eigenvalue weighted by Gasteiger charge is -2.18. The van der Waals surface area contributed by atoms with Crippen LogP contribution >= 0.6 is 7.82 Å². The molecular weight excluding hydrogens is 733 g/mol. The molecule has 0 spiro atoms. The summed E-state index contributed by atoms with van der Waals surface area (Å²) in [4.78, 5) is 45.8. The Labute approximate surface area is 341 Å². The minimum atomic E-state index is -4.75. The van der Waals surface area contributed by atoms with Crippen molar-refractivity contribution >= 4 is 25.7 Å². The van der Waals surface area contributed by atoms with E-state index >= 15 is 0 Å². The number of phosphoric ester groups is 1. The highest BCUT2D eigenvalue weighted by molar-refractivity contribution is 7.47. The molecule has 0 radical (unpaired) electrons. The molecule has 0 heterocycles. The Hall–Kier alpha value is -1.78. The van der Waals surface area contributed by atoms with Crippen molar-refractivity contribution in [3.05, 3.63) is 12.2 Å². The molecule has 3 unspecified atom stereocenters. The number of phosphoric acid groups is 1. The van der Waals surface area contributed by atoms with Gasteiger partial charge in [-0.05, 0) is 38.5 Å². The fourth-order valence-electron chi connectivity index (χ4n) is 6.49. The zero-order valence-corrected chi connectivity index (χ0v) is 36.6. The number of rotatable bonds is 43. The first-order valence-electron chi connectivity index (χ1n) is 22.7. The summed E-state index contributed by atoms with van der Waals surface area (Å²) >= 11 is 0. The fourth-order valence-corrected chi connectivity index (χ4v) is 7.26. The average Bonchev–Trinajstić information content (AvgIpc) is 3.17. The number of carbonyl (C=O) groups excluding carboxylic acids is 2. The first-order chi connectivity index (χ1) is 27.1. The van der Waals surface area contributed by atoms with Crippen molar-refractivity contribution in [2.24, 2.45) is 0 Å². The maximum atomic E-state index is 12.2. The molecule has 0 saturated heterocycles. The smallest absolute Gasteiger partial charge is 0.472 e. The third kappa shape index (κ3) is 39.1. The number of allylic oxidation sites excluding steroid dienone is 2. The molecule has 0 saturated carbocycles. The van der Waals surface area contributed by atoms with Crippen LogP contribution in [0.5, 0.6) is 0 Å². The number of unbranched alkanes of at least 4 members (excludes halogenated alkanes) is 27. The predicted molar refractivity (Wildman–Crippen MR) is 226 cm³/mol. The summed E-state index contributed by atoms with van der Waals surface area (Å²) in [6, 6.07) is -1.54. The average molecular weight is 818 g/mol. The van der Waals surface area contributed by atoms with Gasteiger partial charge >= 0.3 is 19.8 Å². The Kier molecular flexibility index (Phi) is 38.7. The molecule has 1 amide bonds. The highest BCUT2D eigenvalue weighted by atomic mass is 31.2. The number of amides is 1. The van der Waals surface area contributed by atoms with Crippen molar-refractivity contribution < 1.29 is 47.8 Å². The number of carboxylic acids is 1. The van der Waals surface area contributed by atoms with Crippen LogP contribution in [0.2, 0.25) is 0 Å². The number of carbonyl (C=O) groups is 3. The molecule has 0 aromatic rings. The highest BCUT2D eigenvalue weighted by Crippen LogP contribution is 2.43. The Bertz CT molecular complexity index is 1010. The van der Waals surface area contributed by atoms with Gasteiger partial charge in [0.2, 0.25) is 5.91 Å². The topological polar surface area (TPSA) is 169 Å². The molecule has 330 valence electrons. The van der Waals surface area contributed by atoms with Crippen molar-refractivity contribution in [3.63, 3.8) is 0 Å². The monoisotopic (exact) mass is 818 g/mol. The first-order valence-corrected chi connectivity index (χ1v) is 24.2. The lowest BCUT2D eigenvalue weighted by molar-refractivity contribution is -0.147. The minimum Gasteiger partial charge on any atom is -0.480 e. The maximum absolute atomic E-state index is 12.2. The Balaban J connectivity index is 3.81. The highest BCUT2D eigenvalue weighted by Gasteiger charge is 2.28. The Morgan fingerprint density at radius 2 is 0.929 bits per heavy atom. The van der Waals surface area contributed by atoms with Crippen molar-refractivity contribution in [2.45, 2.75) is 231 Å². The summed E-state index contributed by atoms with van der Waals surface area (Å²) in [6.45, 7) is 2.59.